The van der Waals surface area contributed by atoms with Gasteiger partial charge in [-0.3, -0.25) is 9.79 Å². The first-order valence-corrected chi connectivity index (χ1v) is 10.3. The van der Waals surface area contributed by atoms with Crippen LogP contribution in [0.4, 0.5) is 5.69 Å². The van der Waals surface area contributed by atoms with Gasteiger partial charge in [-0.25, -0.2) is 0 Å². The van der Waals surface area contributed by atoms with Gasteiger partial charge in [0.25, 0.3) is 5.91 Å². The van der Waals surface area contributed by atoms with Crippen LogP contribution in [0.5, 0.6) is 0 Å². The van der Waals surface area contributed by atoms with Crippen molar-refractivity contribution in [1.29, 1.82) is 0 Å². The van der Waals surface area contributed by atoms with Gasteiger partial charge in [0.05, 0.1) is 11.8 Å². The molecule has 2 aromatic rings. The number of carbonyl (C=O) groups excluding carboxylic acids is 1. The van der Waals surface area contributed by atoms with E-state index in [1.165, 1.54) is 11.8 Å². The molecule has 4 nitrogen and oxygen atoms in total. The lowest BCUT2D eigenvalue weighted by Gasteiger charge is -2.22. The first kappa shape index (κ1) is 20.2. The van der Waals surface area contributed by atoms with Crippen LogP contribution in [-0.4, -0.2) is 21.3 Å². The van der Waals surface area contributed by atoms with Gasteiger partial charge in [-0.15, -0.1) is 0 Å². The maximum absolute atomic E-state index is 12.9. The van der Waals surface area contributed by atoms with Crippen LogP contribution in [0.25, 0.3) is 0 Å². The quantitative estimate of drug-likeness (QED) is 0.695. The summed E-state index contributed by atoms with van der Waals surface area (Å²) >= 11 is 1.48. The van der Waals surface area contributed by atoms with Gasteiger partial charge in [0, 0.05) is 5.69 Å². The number of para-hydroxylation sites is 1. The Hall–Kier alpha value is -2.53. The third-order valence-electron chi connectivity index (χ3n) is 4.33. The van der Waals surface area contributed by atoms with Gasteiger partial charge in [-0.05, 0) is 29.5 Å². The van der Waals surface area contributed by atoms with Gasteiger partial charge in [-0.1, -0.05) is 81.1 Å². The number of amides is 1. The molecule has 2 N–H and O–H groups in total. The molecule has 1 unspecified atom stereocenters. The number of hydrogen-bond acceptors (Lipinski definition) is 4. The number of aliphatic imine (C=N–C) groups is 1. The van der Waals surface area contributed by atoms with E-state index in [1.807, 2.05) is 60.7 Å². The third kappa shape index (κ3) is 5.26. The summed E-state index contributed by atoms with van der Waals surface area (Å²) in [4.78, 5) is 17.6. The molecule has 0 aliphatic carbocycles. The first-order valence-electron chi connectivity index (χ1n) is 9.38. The normalized spacial score (nSPS) is 18.5. The topological polar surface area (TPSA) is 61.7 Å². The molecule has 1 aliphatic heterocycles. The molecule has 1 heterocycles. The zero-order valence-corrected chi connectivity index (χ0v) is 17.3. The Kier molecular flexibility index (Phi) is 6.25. The number of hydrogen-bond donors (Lipinski definition) is 2. The summed E-state index contributed by atoms with van der Waals surface area (Å²) in [5.74, 6) is -0.195. The number of aliphatic hydroxyl groups excluding tert-OH is 1. The van der Waals surface area contributed by atoms with E-state index < -0.39 is 0 Å². The second kappa shape index (κ2) is 8.65. The van der Waals surface area contributed by atoms with E-state index in [0.717, 1.165) is 12.0 Å². The summed E-state index contributed by atoms with van der Waals surface area (Å²) in [5.41, 5.74) is 2.08. The fourth-order valence-corrected chi connectivity index (χ4v) is 4.54. The van der Waals surface area contributed by atoms with Crippen LogP contribution in [0, 0.1) is 5.41 Å². The fraction of sp³-hybridized carbons (Fsp3) is 0.304. The van der Waals surface area contributed by atoms with Crippen molar-refractivity contribution in [3.63, 3.8) is 0 Å². The molecule has 1 aliphatic rings. The van der Waals surface area contributed by atoms with Crippen molar-refractivity contribution in [2.75, 3.05) is 5.32 Å². The smallest absolute Gasteiger partial charge is 0.261 e. The maximum Gasteiger partial charge on any atom is 0.261 e. The molecular weight excluding hydrogens is 368 g/mol. The molecular formula is C23H26N2O2S. The van der Waals surface area contributed by atoms with Gasteiger partial charge >= 0.3 is 0 Å². The second-order valence-electron chi connectivity index (χ2n) is 8.06. The maximum atomic E-state index is 12.9. The third-order valence-corrected chi connectivity index (χ3v) is 5.56. The van der Waals surface area contributed by atoms with Crippen molar-refractivity contribution in [2.24, 2.45) is 10.4 Å². The average molecular weight is 395 g/mol. The van der Waals surface area contributed by atoms with Gasteiger partial charge in [0.15, 0.2) is 0 Å². The number of carbonyl (C=O) groups is 1. The van der Waals surface area contributed by atoms with Crippen molar-refractivity contribution < 1.29 is 9.90 Å². The van der Waals surface area contributed by atoms with Crippen molar-refractivity contribution in [3.8, 4) is 0 Å². The van der Waals surface area contributed by atoms with Crippen molar-refractivity contribution >= 4 is 28.4 Å². The molecule has 1 atom stereocenters. The number of anilines is 1. The Labute approximate surface area is 170 Å². The summed E-state index contributed by atoms with van der Waals surface area (Å²) < 4.78 is 0. The fourth-order valence-electron chi connectivity index (χ4n) is 3.01. The zero-order valence-electron chi connectivity index (χ0n) is 16.5. The molecule has 146 valence electrons. The van der Waals surface area contributed by atoms with Crippen LogP contribution in [0.2, 0.25) is 0 Å². The van der Waals surface area contributed by atoms with E-state index in [2.05, 4.69) is 31.1 Å². The molecule has 1 amide bonds. The Morgan fingerprint density at radius 2 is 1.68 bits per heavy atom. The number of rotatable bonds is 5. The van der Waals surface area contributed by atoms with Gasteiger partial charge < -0.3 is 10.4 Å². The molecule has 0 radical (unpaired) electrons. The highest BCUT2D eigenvalue weighted by molar-refractivity contribution is 8.15. The summed E-state index contributed by atoms with van der Waals surface area (Å²) in [6.45, 7) is 6.86. The van der Waals surface area contributed by atoms with Crippen LogP contribution in [-0.2, 0) is 11.3 Å². The Morgan fingerprint density at radius 3 is 2.29 bits per heavy atom. The van der Waals surface area contributed by atoms with Gasteiger partial charge in [0.2, 0.25) is 0 Å². The number of benzene rings is 2. The lowest BCUT2D eigenvalue weighted by atomic mass is 9.89. The monoisotopic (exact) mass is 394 g/mol. The van der Waals surface area contributed by atoms with E-state index in [0.29, 0.717) is 22.8 Å². The minimum Gasteiger partial charge on any atom is -0.510 e. The predicted octanol–water partition coefficient (Wildman–Crippen LogP) is 5.59. The van der Waals surface area contributed by atoms with Gasteiger partial charge in [0.1, 0.15) is 16.4 Å². The molecule has 0 fully saturated rings. The van der Waals surface area contributed by atoms with Crippen molar-refractivity contribution in [1.82, 2.24) is 0 Å². The van der Waals surface area contributed by atoms with E-state index in [4.69, 9.17) is 0 Å². The number of aliphatic hydroxyl groups is 1. The van der Waals surface area contributed by atoms with Crippen LogP contribution < -0.4 is 5.32 Å². The highest BCUT2D eigenvalue weighted by Gasteiger charge is 2.37. The standard InChI is InChI=1S/C23H26N2O2S/c1-23(2,3)14-18-20(26)19(21(27)25-17-12-8-5-9-13-17)22(28-18)24-15-16-10-6-4-7-11-16/h4-13,18,26H,14-15H2,1-3H3,(H,25,27). The van der Waals surface area contributed by atoms with Crippen LogP contribution in [0.1, 0.15) is 32.8 Å². The molecule has 3 rings (SSSR count). The van der Waals surface area contributed by atoms with E-state index in [1.54, 1.807) is 0 Å². The lowest BCUT2D eigenvalue weighted by Crippen LogP contribution is -2.19. The number of nitrogens with one attached hydrogen (secondary N) is 1. The summed E-state index contributed by atoms with van der Waals surface area (Å²) in [5, 5.41) is 14.2. The highest BCUT2D eigenvalue weighted by atomic mass is 32.2. The first-order chi connectivity index (χ1) is 13.3. The summed E-state index contributed by atoms with van der Waals surface area (Å²) in [6.07, 6.45) is 0.760. The number of nitrogens with zero attached hydrogens (tertiary/aromatic N) is 1. The van der Waals surface area contributed by atoms with Crippen molar-refractivity contribution in [2.45, 2.75) is 39.0 Å². The highest BCUT2D eigenvalue weighted by Crippen LogP contribution is 2.40. The molecule has 5 heteroatoms. The molecule has 0 saturated heterocycles. The average Bonchev–Trinajstić information content (AvgIpc) is 2.95. The zero-order chi connectivity index (χ0) is 20.1. The Bertz CT molecular complexity index is 884. The van der Waals surface area contributed by atoms with Crippen molar-refractivity contribution in [3.05, 3.63) is 77.6 Å². The lowest BCUT2D eigenvalue weighted by molar-refractivity contribution is -0.112. The molecule has 2 aromatic carbocycles. The Morgan fingerprint density at radius 1 is 1.07 bits per heavy atom. The molecule has 28 heavy (non-hydrogen) atoms. The van der Waals surface area contributed by atoms with Crippen LogP contribution in [0.3, 0.4) is 0 Å². The summed E-state index contributed by atoms with van der Waals surface area (Å²) in [7, 11) is 0. The predicted molar refractivity (Wildman–Crippen MR) is 118 cm³/mol. The minimum absolute atomic E-state index is 0.0293. The molecule has 0 aromatic heterocycles. The molecule has 0 bridgehead atoms. The van der Waals surface area contributed by atoms with Crippen LogP contribution >= 0.6 is 11.8 Å². The molecule has 0 saturated carbocycles. The van der Waals surface area contributed by atoms with E-state index in [-0.39, 0.29) is 22.3 Å². The summed E-state index contributed by atoms with van der Waals surface area (Å²) in [6, 6.07) is 19.2. The molecule has 0 spiro atoms. The minimum atomic E-state index is -0.320. The van der Waals surface area contributed by atoms with Crippen LogP contribution in [0.15, 0.2) is 77.0 Å². The SMILES string of the molecule is CC(C)(C)CC1SC(=NCc2ccccc2)C(C(=O)Nc2ccccc2)=C1O. The van der Waals surface area contributed by atoms with E-state index in [9.17, 15) is 9.90 Å². The second-order valence-corrected chi connectivity index (χ2v) is 9.25. The number of thioether (sulfide) groups is 1. The largest absolute Gasteiger partial charge is 0.510 e. The van der Waals surface area contributed by atoms with E-state index >= 15 is 0 Å². The van der Waals surface area contributed by atoms with Gasteiger partial charge in [-0.2, -0.15) is 0 Å². The Balaban J connectivity index is 1.87.